The van der Waals surface area contributed by atoms with Gasteiger partial charge in [0.15, 0.2) is 0 Å². The normalized spacial score (nSPS) is 11.6. The third kappa shape index (κ3) is 2.74. The van der Waals surface area contributed by atoms with Gasteiger partial charge >= 0.3 is 0 Å². The molecule has 0 aliphatic rings. The fraction of sp³-hybridized carbons (Fsp3) is 0.333. The van der Waals surface area contributed by atoms with Gasteiger partial charge in [-0.2, -0.15) is 5.10 Å². The van der Waals surface area contributed by atoms with Crippen LogP contribution in [0.3, 0.4) is 0 Å². The molecule has 0 unspecified atom stereocenters. The Morgan fingerprint density at radius 2 is 1.84 bits per heavy atom. The molecule has 1 heterocycles. The monoisotopic (exact) mass is 258 g/mol. The third-order valence-corrected chi connectivity index (χ3v) is 3.27. The van der Waals surface area contributed by atoms with Gasteiger partial charge in [-0.3, -0.25) is 4.79 Å². The molecule has 0 amide bonds. The van der Waals surface area contributed by atoms with E-state index < -0.39 is 5.60 Å². The Labute approximate surface area is 112 Å². The maximum atomic E-state index is 11.7. The summed E-state index contributed by atoms with van der Waals surface area (Å²) in [7, 11) is 0. The first kappa shape index (κ1) is 13.5. The van der Waals surface area contributed by atoms with Crippen molar-refractivity contribution < 1.29 is 5.11 Å². The summed E-state index contributed by atoms with van der Waals surface area (Å²) in [5.74, 6) is 0. The van der Waals surface area contributed by atoms with Crippen LogP contribution in [0.2, 0.25) is 0 Å². The summed E-state index contributed by atoms with van der Waals surface area (Å²) in [6.07, 6.45) is 0. The van der Waals surface area contributed by atoms with E-state index in [9.17, 15) is 9.90 Å². The van der Waals surface area contributed by atoms with Gasteiger partial charge in [-0.25, -0.2) is 5.10 Å². The second kappa shape index (κ2) is 4.63. The van der Waals surface area contributed by atoms with Crippen molar-refractivity contribution in [1.29, 1.82) is 0 Å². The number of nitrogens with zero attached hydrogens (tertiary/aromatic N) is 1. The summed E-state index contributed by atoms with van der Waals surface area (Å²) < 4.78 is 0. The number of aromatic amines is 1. The van der Waals surface area contributed by atoms with E-state index in [0.29, 0.717) is 11.3 Å². The smallest absolute Gasteiger partial charge is 0.270 e. The zero-order valence-electron chi connectivity index (χ0n) is 11.6. The highest BCUT2D eigenvalue weighted by Crippen LogP contribution is 2.23. The van der Waals surface area contributed by atoms with Gasteiger partial charge in [0.05, 0.1) is 16.9 Å². The van der Waals surface area contributed by atoms with Crippen molar-refractivity contribution in [3.8, 4) is 11.3 Å². The van der Waals surface area contributed by atoms with E-state index in [-0.39, 0.29) is 5.56 Å². The Hall–Kier alpha value is -1.94. The SMILES string of the molecule is Cc1ccc(-c2cc(C(C)(C)O)c(=O)[nH]n2)cc1C. The summed E-state index contributed by atoms with van der Waals surface area (Å²) in [5, 5.41) is 16.5. The van der Waals surface area contributed by atoms with Gasteiger partial charge in [-0.05, 0) is 51.0 Å². The Morgan fingerprint density at radius 1 is 1.16 bits per heavy atom. The molecule has 1 aromatic carbocycles. The minimum Gasteiger partial charge on any atom is -0.386 e. The van der Waals surface area contributed by atoms with Crippen LogP contribution in [-0.4, -0.2) is 15.3 Å². The average Bonchev–Trinajstić information content (AvgIpc) is 2.32. The number of benzene rings is 1. The highest BCUT2D eigenvalue weighted by atomic mass is 16.3. The van der Waals surface area contributed by atoms with Crippen LogP contribution in [0.5, 0.6) is 0 Å². The van der Waals surface area contributed by atoms with E-state index >= 15 is 0 Å². The molecule has 0 aliphatic carbocycles. The van der Waals surface area contributed by atoms with Crippen LogP contribution >= 0.6 is 0 Å². The van der Waals surface area contributed by atoms with Gasteiger partial charge in [-0.1, -0.05) is 12.1 Å². The van der Waals surface area contributed by atoms with Crippen molar-refractivity contribution in [3.05, 3.63) is 51.3 Å². The van der Waals surface area contributed by atoms with Gasteiger partial charge in [0.2, 0.25) is 0 Å². The van der Waals surface area contributed by atoms with Crippen molar-refractivity contribution >= 4 is 0 Å². The lowest BCUT2D eigenvalue weighted by Crippen LogP contribution is -2.27. The van der Waals surface area contributed by atoms with Crippen LogP contribution in [0.1, 0.15) is 30.5 Å². The Morgan fingerprint density at radius 3 is 2.42 bits per heavy atom. The largest absolute Gasteiger partial charge is 0.386 e. The molecular formula is C15H18N2O2. The first-order valence-electron chi connectivity index (χ1n) is 6.19. The molecule has 2 rings (SSSR count). The molecule has 1 aromatic heterocycles. The van der Waals surface area contributed by atoms with Crippen molar-refractivity contribution in [1.82, 2.24) is 10.2 Å². The molecule has 19 heavy (non-hydrogen) atoms. The molecule has 0 fully saturated rings. The summed E-state index contributed by atoms with van der Waals surface area (Å²) >= 11 is 0. The van der Waals surface area contributed by atoms with E-state index in [4.69, 9.17) is 0 Å². The molecule has 0 aliphatic heterocycles. The quantitative estimate of drug-likeness (QED) is 0.868. The summed E-state index contributed by atoms with van der Waals surface area (Å²) in [6, 6.07) is 7.63. The Balaban J connectivity index is 2.58. The van der Waals surface area contributed by atoms with E-state index in [0.717, 1.165) is 11.1 Å². The Bertz CT molecular complexity index is 667. The maximum Gasteiger partial charge on any atom is 0.270 e. The molecule has 0 saturated heterocycles. The maximum absolute atomic E-state index is 11.7. The lowest BCUT2D eigenvalue weighted by Gasteiger charge is -2.17. The van der Waals surface area contributed by atoms with Crippen LogP contribution in [0, 0.1) is 13.8 Å². The first-order chi connectivity index (χ1) is 8.79. The predicted octanol–water partition coefficient (Wildman–Crippen LogP) is 2.28. The fourth-order valence-corrected chi connectivity index (χ4v) is 1.91. The molecule has 0 atom stereocenters. The third-order valence-electron chi connectivity index (χ3n) is 3.27. The summed E-state index contributed by atoms with van der Waals surface area (Å²) in [4.78, 5) is 11.7. The van der Waals surface area contributed by atoms with Gasteiger partial charge in [0.1, 0.15) is 0 Å². The highest BCUT2D eigenvalue weighted by Gasteiger charge is 2.21. The van der Waals surface area contributed by atoms with Crippen LogP contribution in [0.4, 0.5) is 0 Å². The number of hydrogen-bond acceptors (Lipinski definition) is 3. The van der Waals surface area contributed by atoms with Crippen molar-refractivity contribution in [2.24, 2.45) is 0 Å². The average molecular weight is 258 g/mol. The molecule has 2 N–H and O–H groups in total. The van der Waals surface area contributed by atoms with Crippen molar-refractivity contribution in [2.75, 3.05) is 0 Å². The Kier molecular flexibility index (Phi) is 3.28. The fourth-order valence-electron chi connectivity index (χ4n) is 1.91. The molecule has 4 nitrogen and oxygen atoms in total. The molecule has 2 aromatic rings. The standard InChI is InChI=1S/C15H18N2O2/c1-9-5-6-11(7-10(9)2)13-8-12(15(3,4)19)14(18)17-16-13/h5-8,19H,1-4H3,(H,17,18). The van der Waals surface area contributed by atoms with Crippen LogP contribution in [0.15, 0.2) is 29.1 Å². The number of hydrogen-bond donors (Lipinski definition) is 2. The number of aromatic nitrogens is 2. The highest BCUT2D eigenvalue weighted by molar-refractivity contribution is 5.61. The molecule has 0 radical (unpaired) electrons. The van der Waals surface area contributed by atoms with Crippen LogP contribution < -0.4 is 5.56 Å². The second-order valence-corrected chi connectivity index (χ2v) is 5.35. The first-order valence-corrected chi connectivity index (χ1v) is 6.19. The van der Waals surface area contributed by atoms with Gasteiger partial charge in [-0.15, -0.1) is 0 Å². The van der Waals surface area contributed by atoms with E-state index in [2.05, 4.69) is 10.2 Å². The number of nitrogens with one attached hydrogen (secondary N) is 1. The lowest BCUT2D eigenvalue weighted by molar-refractivity contribution is 0.0769. The van der Waals surface area contributed by atoms with Gasteiger partial charge in [0, 0.05) is 5.56 Å². The predicted molar refractivity (Wildman–Crippen MR) is 75.0 cm³/mol. The molecule has 100 valence electrons. The molecule has 0 spiro atoms. The molecule has 0 bridgehead atoms. The van der Waals surface area contributed by atoms with Crippen molar-refractivity contribution in [3.63, 3.8) is 0 Å². The molecule has 0 saturated carbocycles. The van der Waals surface area contributed by atoms with Crippen LogP contribution in [0.25, 0.3) is 11.3 Å². The number of aliphatic hydroxyl groups is 1. The summed E-state index contributed by atoms with van der Waals surface area (Å²) in [6.45, 7) is 7.24. The van der Waals surface area contributed by atoms with E-state index in [1.165, 1.54) is 5.56 Å². The minimum atomic E-state index is -1.19. The zero-order valence-corrected chi connectivity index (χ0v) is 11.6. The zero-order chi connectivity index (χ0) is 14.2. The lowest BCUT2D eigenvalue weighted by atomic mass is 9.97. The second-order valence-electron chi connectivity index (χ2n) is 5.35. The van der Waals surface area contributed by atoms with E-state index in [1.54, 1.807) is 19.9 Å². The van der Waals surface area contributed by atoms with Crippen LogP contribution in [-0.2, 0) is 5.60 Å². The molecular weight excluding hydrogens is 240 g/mol. The van der Waals surface area contributed by atoms with Gasteiger partial charge in [0.25, 0.3) is 5.56 Å². The van der Waals surface area contributed by atoms with Crippen molar-refractivity contribution in [2.45, 2.75) is 33.3 Å². The number of H-pyrrole nitrogens is 1. The minimum absolute atomic E-state index is 0.315. The van der Waals surface area contributed by atoms with Gasteiger partial charge < -0.3 is 5.11 Å². The molecule has 4 heteroatoms. The number of rotatable bonds is 2. The van der Waals surface area contributed by atoms with E-state index in [1.807, 2.05) is 32.0 Å². The summed E-state index contributed by atoms with van der Waals surface area (Å²) in [5.41, 5.74) is 2.71. The topological polar surface area (TPSA) is 66.0 Å². The number of aryl methyl sites for hydroxylation is 2.